The van der Waals surface area contributed by atoms with Crippen molar-refractivity contribution in [1.82, 2.24) is 0 Å². The first-order valence-corrected chi connectivity index (χ1v) is 5.75. The number of hydrogen-bond donors (Lipinski definition) is 1. The molecule has 0 aliphatic rings. The standard InChI is InChI=1S/C12H15Cl2NO/c1-7(16)15-9-6-5-8(12(2,3)4)10(13)11(9)14/h5-6H,1-4H3,(H,15,16). The molecule has 0 spiro atoms. The maximum absolute atomic E-state index is 10.9. The van der Waals surface area contributed by atoms with E-state index in [-0.39, 0.29) is 11.3 Å². The molecule has 0 atom stereocenters. The van der Waals surface area contributed by atoms with Gasteiger partial charge in [-0.1, -0.05) is 50.0 Å². The highest BCUT2D eigenvalue weighted by Crippen LogP contribution is 2.38. The summed E-state index contributed by atoms with van der Waals surface area (Å²) in [4.78, 5) is 10.9. The molecule has 0 aliphatic carbocycles. The van der Waals surface area contributed by atoms with E-state index in [1.807, 2.05) is 6.07 Å². The summed E-state index contributed by atoms with van der Waals surface area (Å²) in [6.45, 7) is 7.61. The van der Waals surface area contributed by atoms with Gasteiger partial charge >= 0.3 is 0 Å². The van der Waals surface area contributed by atoms with Crippen molar-refractivity contribution in [3.05, 3.63) is 27.7 Å². The van der Waals surface area contributed by atoms with Crippen LogP contribution in [0.1, 0.15) is 33.3 Å². The lowest BCUT2D eigenvalue weighted by molar-refractivity contribution is -0.114. The van der Waals surface area contributed by atoms with Gasteiger partial charge < -0.3 is 5.32 Å². The summed E-state index contributed by atoms with van der Waals surface area (Å²) in [6, 6.07) is 3.66. The molecule has 1 aromatic carbocycles. The van der Waals surface area contributed by atoms with Crippen LogP contribution in [-0.4, -0.2) is 5.91 Å². The summed E-state index contributed by atoms with van der Waals surface area (Å²) < 4.78 is 0. The second-order valence-corrected chi connectivity index (χ2v) is 5.48. The molecule has 0 saturated carbocycles. The van der Waals surface area contributed by atoms with Crippen molar-refractivity contribution >= 4 is 34.8 Å². The zero-order chi connectivity index (χ0) is 12.5. The van der Waals surface area contributed by atoms with Gasteiger partial charge in [-0.25, -0.2) is 0 Å². The van der Waals surface area contributed by atoms with E-state index in [1.165, 1.54) is 6.92 Å². The summed E-state index contributed by atoms with van der Waals surface area (Å²) in [5.74, 6) is -0.165. The van der Waals surface area contributed by atoms with Gasteiger partial charge in [0.2, 0.25) is 5.91 Å². The van der Waals surface area contributed by atoms with Gasteiger partial charge in [0.15, 0.2) is 0 Å². The van der Waals surface area contributed by atoms with E-state index in [0.717, 1.165) is 5.56 Å². The van der Waals surface area contributed by atoms with Crippen molar-refractivity contribution in [3.63, 3.8) is 0 Å². The Hall–Kier alpha value is -0.730. The molecule has 0 bridgehead atoms. The number of benzene rings is 1. The van der Waals surface area contributed by atoms with E-state index in [2.05, 4.69) is 26.1 Å². The van der Waals surface area contributed by atoms with Crippen LogP contribution in [0.4, 0.5) is 5.69 Å². The normalized spacial score (nSPS) is 11.4. The van der Waals surface area contributed by atoms with Crippen molar-refractivity contribution in [2.45, 2.75) is 33.1 Å². The summed E-state index contributed by atoms with van der Waals surface area (Å²) in [5.41, 5.74) is 1.44. The first-order valence-electron chi connectivity index (χ1n) is 4.99. The van der Waals surface area contributed by atoms with E-state index in [4.69, 9.17) is 23.2 Å². The molecule has 0 aromatic heterocycles. The third kappa shape index (κ3) is 2.89. The average Bonchev–Trinajstić information content (AvgIpc) is 2.10. The molecule has 0 saturated heterocycles. The van der Waals surface area contributed by atoms with Gasteiger partial charge in [-0.05, 0) is 17.0 Å². The zero-order valence-electron chi connectivity index (χ0n) is 9.82. The van der Waals surface area contributed by atoms with Crippen LogP contribution in [0.15, 0.2) is 12.1 Å². The van der Waals surface area contributed by atoms with Crippen LogP contribution in [0.5, 0.6) is 0 Å². The van der Waals surface area contributed by atoms with Crippen molar-refractivity contribution in [3.8, 4) is 0 Å². The molecular weight excluding hydrogens is 245 g/mol. The highest BCUT2D eigenvalue weighted by atomic mass is 35.5. The van der Waals surface area contributed by atoms with Gasteiger partial charge in [0.1, 0.15) is 0 Å². The number of halogens is 2. The molecule has 1 amide bonds. The largest absolute Gasteiger partial charge is 0.325 e. The number of nitrogens with one attached hydrogen (secondary N) is 1. The Morgan fingerprint density at radius 2 is 1.75 bits per heavy atom. The van der Waals surface area contributed by atoms with E-state index >= 15 is 0 Å². The summed E-state index contributed by atoms with van der Waals surface area (Å²) >= 11 is 12.3. The number of hydrogen-bond acceptors (Lipinski definition) is 1. The number of rotatable bonds is 1. The molecule has 4 heteroatoms. The Bertz CT molecular complexity index is 422. The Labute approximate surface area is 106 Å². The summed E-state index contributed by atoms with van der Waals surface area (Å²) in [5, 5.41) is 3.53. The molecule has 88 valence electrons. The maximum Gasteiger partial charge on any atom is 0.221 e. The smallest absolute Gasteiger partial charge is 0.221 e. The minimum atomic E-state index is -0.165. The first-order chi connectivity index (χ1) is 7.23. The van der Waals surface area contributed by atoms with Crippen molar-refractivity contribution in [2.75, 3.05) is 5.32 Å². The second-order valence-electron chi connectivity index (χ2n) is 4.72. The maximum atomic E-state index is 10.9. The van der Waals surface area contributed by atoms with Crippen molar-refractivity contribution < 1.29 is 4.79 Å². The van der Waals surface area contributed by atoms with Crippen LogP contribution in [-0.2, 0) is 10.2 Å². The number of amides is 1. The Balaban J connectivity index is 3.24. The van der Waals surface area contributed by atoms with E-state index in [9.17, 15) is 4.79 Å². The topological polar surface area (TPSA) is 29.1 Å². The number of carbonyl (C=O) groups is 1. The fourth-order valence-corrected chi connectivity index (χ4v) is 2.08. The van der Waals surface area contributed by atoms with E-state index in [1.54, 1.807) is 6.07 Å². The quantitative estimate of drug-likeness (QED) is 0.803. The SMILES string of the molecule is CC(=O)Nc1ccc(C(C)(C)C)c(Cl)c1Cl. The van der Waals surface area contributed by atoms with Gasteiger partial charge in [0, 0.05) is 6.92 Å². The van der Waals surface area contributed by atoms with Gasteiger partial charge in [-0.15, -0.1) is 0 Å². The molecular formula is C12H15Cl2NO. The zero-order valence-corrected chi connectivity index (χ0v) is 11.3. The second kappa shape index (κ2) is 4.64. The van der Waals surface area contributed by atoms with E-state index in [0.29, 0.717) is 15.7 Å². The van der Waals surface area contributed by atoms with Gasteiger partial charge in [0.25, 0.3) is 0 Å². The molecule has 0 fully saturated rings. The summed E-state index contributed by atoms with van der Waals surface area (Å²) in [7, 11) is 0. The van der Waals surface area contributed by atoms with E-state index < -0.39 is 0 Å². The lowest BCUT2D eigenvalue weighted by atomic mass is 9.87. The minimum Gasteiger partial charge on any atom is -0.325 e. The lowest BCUT2D eigenvalue weighted by Crippen LogP contribution is -2.13. The predicted molar refractivity (Wildman–Crippen MR) is 69.5 cm³/mol. The van der Waals surface area contributed by atoms with Gasteiger partial charge in [0.05, 0.1) is 15.7 Å². The molecule has 0 aliphatic heterocycles. The van der Waals surface area contributed by atoms with Gasteiger partial charge in [-0.2, -0.15) is 0 Å². The Morgan fingerprint density at radius 3 is 2.19 bits per heavy atom. The highest BCUT2D eigenvalue weighted by molar-refractivity contribution is 6.44. The van der Waals surface area contributed by atoms with Crippen LogP contribution in [0.3, 0.4) is 0 Å². The first kappa shape index (κ1) is 13.3. The van der Waals surface area contributed by atoms with Gasteiger partial charge in [-0.3, -0.25) is 4.79 Å². The van der Waals surface area contributed by atoms with Crippen LogP contribution in [0, 0.1) is 0 Å². The number of carbonyl (C=O) groups excluding carboxylic acids is 1. The molecule has 1 N–H and O–H groups in total. The Morgan fingerprint density at radius 1 is 1.19 bits per heavy atom. The molecule has 0 unspecified atom stereocenters. The molecule has 1 rings (SSSR count). The predicted octanol–water partition coefficient (Wildman–Crippen LogP) is 4.25. The van der Waals surface area contributed by atoms with Crippen LogP contribution in [0.25, 0.3) is 0 Å². The van der Waals surface area contributed by atoms with Crippen LogP contribution >= 0.6 is 23.2 Å². The van der Waals surface area contributed by atoms with Crippen LogP contribution < -0.4 is 5.32 Å². The third-order valence-corrected chi connectivity index (χ3v) is 3.08. The van der Waals surface area contributed by atoms with Crippen molar-refractivity contribution in [2.24, 2.45) is 0 Å². The fourth-order valence-electron chi connectivity index (χ4n) is 1.41. The lowest BCUT2D eigenvalue weighted by Gasteiger charge is -2.22. The molecule has 16 heavy (non-hydrogen) atoms. The monoisotopic (exact) mass is 259 g/mol. The summed E-state index contributed by atoms with van der Waals surface area (Å²) in [6.07, 6.45) is 0. The minimum absolute atomic E-state index is 0.0739. The van der Waals surface area contributed by atoms with Crippen LogP contribution in [0.2, 0.25) is 10.0 Å². The molecule has 0 radical (unpaired) electrons. The van der Waals surface area contributed by atoms with Crippen molar-refractivity contribution in [1.29, 1.82) is 0 Å². The Kier molecular flexibility index (Phi) is 3.87. The number of anilines is 1. The molecule has 2 nitrogen and oxygen atoms in total. The highest BCUT2D eigenvalue weighted by Gasteiger charge is 2.20. The fraction of sp³-hybridized carbons (Fsp3) is 0.417. The average molecular weight is 260 g/mol. The third-order valence-electron chi connectivity index (χ3n) is 2.20. The molecule has 0 heterocycles. The molecule has 1 aromatic rings.